The Balaban J connectivity index is 2.11. The van der Waals surface area contributed by atoms with E-state index in [0.717, 1.165) is 11.6 Å². The van der Waals surface area contributed by atoms with Gasteiger partial charge >= 0.3 is 0 Å². The molecule has 0 radical (unpaired) electrons. The van der Waals surface area contributed by atoms with Gasteiger partial charge in [-0.3, -0.25) is 4.98 Å². The Morgan fingerprint density at radius 3 is 2.60 bits per heavy atom. The minimum absolute atomic E-state index is 0.00135. The molecule has 3 N–H and O–H groups in total. The summed E-state index contributed by atoms with van der Waals surface area (Å²) >= 11 is 0. The van der Waals surface area contributed by atoms with Crippen LogP contribution in [-0.4, -0.2) is 18.1 Å². The minimum Gasteiger partial charge on any atom is -0.398 e. The van der Waals surface area contributed by atoms with Crippen molar-refractivity contribution in [2.45, 2.75) is 18.9 Å². The van der Waals surface area contributed by atoms with Crippen LogP contribution >= 0.6 is 0 Å². The van der Waals surface area contributed by atoms with E-state index >= 15 is 0 Å². The lowest BCUT2D eigenvalue weighted by Gasteiger charge is -2.17. The molecule has 1 heterocycles. The van der Waals surface area contributed by atoms with Crippen molar-refractivity contribution >= 4 is 5.69 Å². The first-order valence-corrected chi connectivity index (χ1v) is 6.39. The number of likely N-dealkylation sites (N-methyl/N-ethyl adjacent to an activating group) is 1. The first-order valence-electron chi connectivity index (χ1n) is 6.39. The molecule has 1 unspecified atom stereocenters. The quantitative estimate of drug-likeness (QED) is 0.882. The Labute approximate surface area is 116 Å². The largest absolute Gasteiger partial charge is 0.398 e. The molecule has 0 amide bonds. The lowest BCUT2D eigenvalue weighted by molar-refractivity contribution is 0.524. The number of aromatic nitrogens is 1. The van der Waals surface area contributed by atoms with Crippen LogP contribution in [0.4, 0.5) is 14.5 Å². The Morgan fingerprint density at radius 1 is 1.20 bits per heavy atom. The van der Waals surface area contributed by atoms with Crippen molar-refractivity contribution in [2.24, 2.45) is 0 Å². The average Bonchev–Trinajstić information content (AvgIpc) is 2.43. The molecule has 0 fully saturated rings. The zero-order valence-electron chi connectivity index (χ0n) is 11.2. The lowest BCUT2D eigenvalue weighted by Crippen LogP contribution is -2.30. The van der Waals surface area contributed by atoms with Crippen molar-refractivity contribution < 1.29 is 8.78 Å². The average molecular weight is 277 g/mol. The summed E-state index contributed by atoms with van der Waals surface area (Å²) in [5.74, 6) is -1.09. The first kappa shape index (κ1) is 14.4. The van der Waals surface area contributed by atoms with Crippen LogP contribution in [0.5, 0.6) is 0 Å². The number of nitrogens with zero attached hydrogens (tertiary/aromatic N) is 1. The van der Waals surface area contributed by atoms with E-state index in [2.05, 4.69) is 10.3 Å². The Hall–Kier alpha value is -2.01. The van der Waals surface area contributed by atoms with Crippen LogP contribution in [-0.2, 0) is 12.8 Å². The number of nitrogen functional groups attached to an aromatic ring is 1. The van der Waals surface area contributed by atoms with Crippen molar-refractivity contribution in [3.05, 3.63) is 59.4 Å². The molecule has 1 aromatic carbocycles. The van der Waals surface area contributed by atoms with Gasteiger partial charge in [0.1, 0.15) is 11.6 Å². The Kier molecular flexibility index (Phi) is 4.63. The number of nitrogens with one attached hydrogen (secondary N) is 1. The fourth-order valence-corrected chi connectivity index (χ4v) is 2.10. The van der Waals surface area contributed by atoms with E-state index in [9.17, 15) is 8.78 Å². The third-order valence-corrected chi connectivity index (χ3v) is 3.30. The normalized spacial score (nSPS) is 12.3. The standard InChI is InChI=1S/C15H17F2N3/c1-19-13(7-11-9-20-5-4-15(11)18)6-10-2-3-12(16)8-14(10)17/h2-5,8-9,13,19H,6-7H2,1H3,(H2,18,20). The number of nitrogens with two attached hydrogens (primary N) is 1. The minimum atomic E-state index is -0.566. The monoisotopic (exact) mass is 277 g/mol. The molecule has 20 heavy (non-hydrogen) atoms. The summed E-state index contributed by atoms with van der Waals surface area (Å²) in [6, 6.07) is 5.38. The van der Waals surface area contributed by atoms with Gasteiger partial charge in [0.25, 0.3) is 0 Å². The van der Waals surface area contributed by atoms with Crippen molar-refractivity contribution in [2.75, 3.05) is 12.8 Å². The molecule has 0 aliphatic carbocycles. The summed E-state index contributed by atoms with van der Waals surface area (Å²) in [7, 11) is 1.80. The van der Waals surface area contributed by atoms with Crippen LogP contribution in [0.1, 0.15) is 11.1 Å². The molecular formula is C15H17F2N3. The van der Waals surface area contributed by atoms with E-state index in [0.29, 0.717) is 24.1 Å². The molecule has 5 heteroatoms. The predicted octanol–water partition coefficient (Wildman–Crippen LogP) is 2.32. The highest BCUT2D eigenvalue weighted by Crippen LogP contribution is 2.16. The highest BCUT2D eigenvalue weighted by atomic mass is 19.1. The number of rotatable bonds is 5. The fourth-order valence-electron chi connectivity index (χ4n) is 2.10. The van der Waals surface area contributed by atoms with Crippen molar-refractivity contribution in [3.63, 3.8) is 0 Å². The van der Waals surface area contributed by atoms with Gasteiger partial charge in [0.2, 0.25) is 0 Å². The van der Waals surface area contributed by atoms with Gasteiger partial charge in [-0.25, -0.2) is 8.78 Å². The van der Waals surface area contributed by atoms with Crippen LogP contribution < -0.4 is 11.1 Å². The lowest BCUT2D eigenvalue weighted by atomic mass is 9.99. The maximum atomic E-state index is 13.7. The molecule has 2 rings (SSSR count). The van der Waals surface area contributed by atoms with Gasteiger partial charge in [-0.2, -0.15) is 0 Å². The SMILES string of the molecule is CNC(Cc1cnccc1N)Cc1ccc(F)cc1F. The summed E-state index contributed by atoms with van der Waals surface area (Å²) in [5.41, 5.74) is 7.93. The van der Waals surface area contributed by atoms with E-state index < -0.39 is 11.6 Å². The van der Waals surface area contributed by atoms with Gasteiger partial charge in [-0.1, -0.05) is 6.07 Å². The van der Waals surface area contributed by atoms with E-state index in [-0.39, 0.29) is 6.04 Å². The van der Waals surface area contributed by atoms with E-state index in [1.54, 1.807) is 25.5 Å². The van der Waals surface area contributed by atoms with Crippen LogP contribution in [0, 0.1) is 11.6 Å². The highest BCUT2D eigenvalue weighted by molar-refractivity contribution is 5.44. The summed E-state index contributed by atoms with van der Waals surface area (Å²) in [6.45, 7) is 0. The fraction of sp³-hybridized carbons (Fsp3) is 0.267. The zero-order chi connectivity index (χ0) is 14.5. The third kappa shape index (κ3) is 3.51. The third-order valence-electron chi connectivity index (χ3n) is 3.30. The molecule has 0 saturated carbocycles. The van der Waals surface area contributed by atoms with Gasteiger partial charge in [-0.15, -0.1) is 0 Å². The maximum absolute atomic E-state index is 13.7. The van der Waals surface area contributed by atoms with Crippen molar-refractivity contribution in [3.8, 4) is 0 Å². The number of hydrogen-bond donors (Lipinski definition) is 2. The molecule has 1 aromatic heterocycles. The summed E-state index contributed by atoms with van der Waals surface area (Å²) in [6.07, 6.45) is 4.43. The molecule has 2 aromatic rings. The number of hydrogen-bond acceptors (Lipinski definition) is 3. The van der Waals surface area contributed by atoms with Gasteiger partial charge in [0, 0.05) is 30.2 Å². The van der Waals surface area contributed by atoms with Crippen LogP contribution in [0.2, 0.25) is 0 Å². The molecule has 0 spiro atoms. The van der Waals surface area contributed by atoms with Gasteiger partial charge in [0.15, 0.2) is 0 Å². The van der Waals surface area contributed by atoms with Crippen LogP contribution in [0.25, 0.3) is 0 Å². The summed E-state index contributed by atoms with van der Waals surface area (Å²) in [5, 5.41) is 3.12. The first-order chi connectivity index (χ1) is 9.60. The smallest absolute Gasteiger partial charge is 0.129 e. The van der Waals surface area contributed by atoms with Gasteiger partial charge in [0.05, 0.1) is 0 Å². The molecule has 106 valence electrons. The second-order valence-corrected chi connectivity index (χ2v) is 4.70. The van der Waals surface area contributed by atoms with E-state index in [4.69, 9.17) is 5.73 Å². The Bertz CT molecular complexity index is 587. The molecule has 3 nitrogen and oxygen atoms in total. The van der Waals surface area contributed by atoms with E-state index in [1.807, 2.05) is 0 Å². The summed E-state index contributed by atoms with van der Waals surface area (Å²) in [4.78, 5) is 4.04. The molecule has 0 aliphatic heterocycles. The molecular weight excluding hydrogens is 260 g/mol. The molecule has 0 aliphatic rings. The van der Waals surface area contributed by atoms with Crippen molar-refractivity contribution in [1.29, 1.82) is 0 Å². The number of halogens is 2. The van der Waals surface area contributed by atoms with Crippen LogP contribution in [0.3, 0.4) is 0 Å². The molecule has 1 atom stereocenters. The second-order valence-electron chi connectivity index (χ2n) is 4.70. The highest BCUT2D eigenvalue weighted by Gasteiger charge is 2.13. The maximum Gasteiger partial charge on any atom is 0.129 e. The van der Waals surface area contributed by atoms with Gasteiger partial charge < -0.3 is 11.1 Å². The number of benzene rings is 1. The van der Waals surface area contributed by atoms with Crippen LogP contribution in [0.15, 0.2) is 36.7 Å². The molecule has 0 bridgehead atoms. The summed E-state index contributed by atoms with van der Waals surface area (Å²) < 4.78 is 26.5. The topological polar surface area (TPSA) is 50.9 Å². The number of pyridine rings is 1. The molecule has 0 saturated heterocycles. The predicted molar refractivity (Wildman–Crippen MR) is 75.3 cm³/mol. The zero-order valence-corrected chi connectivity index (χ0v) is 11.2. The second kappa shape index (κ2) is 6.43. The number of anilines is 1. The van der Waals surface area contributed by atoms with Crippen molar-refractivity contribution in [1.82, 2.24) is 10.3 Å². The van der Waals surface area contributed by atoms with E-state index in [1.165, 1.54) is 12.1 Å². The Morgan fingerprint density at radius 2 is 1.95 bits per heavy atom. The van der Waals surface area contributed by atoms with Gasteiger partial charge in [-0.05, 0) is 43.1 Å².